The fourth-order valence-electron chi connectivity index (χ4n) is 2.18. The summed E-state index contributed by atoms with van der Waals surface area (Å²) in [5.41, 5.74) is 1.77. The fourth-order valence-corrected chi connectivity index (χ4v) is 3.00. The van der Waals surface area contributed by atoms with E-state index in [-0.39, 0.29) is 12.0 Å². The Kier molecular flexibility index (Phi) is 3.54. The Labute approximate surface area is 120 Å². The number of nitrogens with zero attached hydrogens (tertiary/aromatic N) is 3. The Balaban J connectivity index is 1.75. The third-order valence-electron chi connectivity index (χ3n) is 3.26. The number of carbonyl (C=O) groups is 1. The minimum absolute atomic E-state index is 0.0355. The average Bonchev–Trinajstić information content (AvgIpc) is 3.07. The van der Waals surface area contributed by atoms with Crippen molar-refractivity contribution in [3.05, 3.63) is 33.7 Å². The Morgan fingerprint density at radius 2 is 2.25 bits per heavy atom. The van der Waals surface area contributed by atoms with Gasteiger partial charge < -0.3 is 14.1 Å². The van der Waals surface area contributed by atoms with E-state index in [0.717, 1.165) is 11.1 Å². The maximum Gasteiger partial charge on any atom is 0.255 e. The van der Waals surface area contributed by atoms with Gasteiger partial charge in [-0.25, -0.2) is 0 Å². The molecule has 7 heteroatoms. The van der Waals surface area contributed by atoms with Crippen molar-refractivity contribution in [2.75, 3.05) is 19.7 Å². The van der Waals surface area contributed by atoms with Crippen LogP contribution in [0.3, 0.4) is 0 Å². The lowest BCUT2D eigenvalue weighted by molar-refractivity contribution is -0.0349. The normalized spacial score (nSPS) is 19.3. The molecule has 106 valence electrons. The van der Waals surface area contributed by atoms with E-state index in [1.54, 1.807) is 11.8 Å². The highest BCUT2D eigenvalue weighted by Gasteiger charge is 2.30. The molecule has 20 heavy (non-hydrogen) atoms. The zero-order valence-electron chi connectivity index (χ0n) is 11.3. The molecule has 1 aliphatic rings. The van der Waals surface area contributed by atoms with Gasteiger partial charge in [-0.15, -0.1) is 10.2 Å². The van der Waals surface area contributed by atoms with Crippen molar-refractivity contribution >= 4 is 17.2 Å². The number of hydrogen-bond donors (Lipinski definition) is 0. The summed E-state index contributed by atoms with van der Waals surface area (Å²) in [6.45, 7) is 5.18. The lowest BCUT2D eigenvalue weighted by atomic mass is 10.1. The van der Waals surface area contributed by atoms with Crippen molar-refractivity contribution in [2.24, 2.45) is 0 Å². The van der Waals surface area contributed by atoms with E-state index in [9.17, 15) is 4.79 Å². The zero-order valence-corrected chi connectivity index (χ0v) is 12.1. The number of aromatic nitrogens is 2. The highest BCUT2D eigenvalue weighted by atomic mass is 32.1. The van der Waals surface area contributed by atoms with E-state index in [4.69, 9.17) is 9.15 Å². The van der Waals surface area contributed by atoms with Gasteiger partial charge in [0.05, 0.1) is 18.7 Å². The van der Waals surface area contributed by atoms with E-state index in [1.165, 1.54) is 11.3 Å². The van der Waals surface area contributed by atoms with E-state index in [0.29, 0.717) is 31.5 Å². The maximum absolute atomic E-state index is 12.5. The van der Waals surface area contributed by atoms with E-state index in [2.05, 4.69) is 10.2 Å². The molecule has 0 aromatic carbocycles. The smallest absolute Gasteiger partial charge is 0.255 e. The third-order valence-corrected chi connectivity index (χ3v) is 4.12. The molecule has 1 aliphatic heterocycles. The number of carbonyl (C=O) groups excluding carboxylic acids is 1. The summed E-state index contributed by atoms with van der Waals surface area (Å²) < 4.78 is 11.0. The van der Waals surface area contributed by atoms with Crippen LogP contribution in [-0.2, 0) is 4.74 Å². The summed E-state index contributed by atoms with van der Waals surface area (Å²) in [5, 5.41) is 11.6. The van der Waals surface area contributed by atoms with Gasteiger partial charge in [-0.3, -0.25) is 4.79 Å². The van der Waals surface area contributed by atoms with Crippen LogP contribution in [-0.4, -0.2) is 40.7 Å². The van der Waals surface area contributed by atoms with Crippen LogP contribution in [0.15, 0.2) is 15.2 Å². The molecule has 2 aromatic rings. The molecule has 0 saturated carbocycles. The molecule has 1 unspecified atom stereocenters. The summed E-state index contributed by atoms with van der Waals surface area (Å²) in [5.74, 6) is 0.969. The predicted molar refractivity (Wildman–Crippen MR) is 72.7 cm³/mol. The molecule has 1 amide bonds. The van der Waals surface area contributed by atoms with Gasteiger partial charge in [0, 0.05) is 18.8 Å². The van der Waals surface area contributed by atoms with Gasteiger partial charge in [-0.05, 0) is 17.9 Å². The fraction of sp³-hybridized carbons (Fsp3) is 0.462. The first-order chi connectivity index (χ1) is 9.65. The first kappa shape index (κ1) is 13.3. The second-order valence-electron chi connectivity index (χ2n) is 4.74. The molecule has 0 radical (unpaired) electrons. The van der Waals surface area contributed by atoms with Gasteiger partial charge in [-0.1, -0.05) is 0 Å². The largest absolute Gasteiger partial charge is 0.423 e. The minimum Gasteiger partial charge on any atom is -0.423 e. The Morgan fingerprint density at radius 3 is 2.90 bits per heavy atom. The first-order valence-corrected chi connectivity index (χ1v) is 7.33. The van der Waals surface area contributed by atoms with Gasteiger partial charge in [-0.2, -0.15) is 11.3 Å². The van der Waals surface area contributed by atoms with Crippen molar-refractivity contribution < 1.29 is 13.9 Å². The van der Waals surface area contributed by atoms with Crippen molar-refractivity contribution in [2.45, 2.75) is 20.0 Å². The lowest BCUT2D eigenvalue weighted by Gasteiger charge is -2.31. The molecule has 0 aliphatic carbocycles. The SMILES string of the molecule is Cc1nnc(C2CN(C(=O)c3cscc3C)CCO2)o1. The van der Waals surface area contributed by atoms with Crippen molar-refractivity contribution in [1.82, 2.24) is 15.1 Å². The second kappa shape index (κ2) is 5.34. The molecule has 0 N–H and O–H groups in total. The Hall–Kier alpha value is -1.73. The predicted octanol–water partition coefficient (Wildman–Crippen LogP) is 1.96. The van der Waals surface area contributed by atoms with Gasteiger partial charge in [0.1, 0.15) is 0 Å². The first-order valence-electron chi connectivity index (χ1n) is 6.39. The highest BCUT2D eigenvalue weighted by Crippen LogP contribution is 2.23. The van der Waals surface area contributed by atoms with Crippen LogP contribution in [0, 0.1) is 13.8 Å². The zero-order chi connectivity index (χ0) is 14.1. The summed E-state index contributed by atoms with van der Waals surface area (Å²) in [6.07, 6.45) is -0.340. The number of ether oxygens (including phenoxy) is 1. The molecule has 3 heterocycles. The monoisotopic (exact) mass is 293 g/mol. The molecular formula is C13H15N3O3S. The third kappa shape index (κ3) is 2.46. The summed E-state index contributed by atoms with van der Waals surface area (Å²) in [7, 11) is 0. The van der Waals surface area contributed by atoms with Gasteiger partial charge in [0.15, 0.2) is 6.10 Å². The summed E-state index contributed by atoms with van der Waals surface area (Å²) in [6, 6.07) is 0. The van der Waals surface area contributed by atoms with Crippen LogP contribution in [0.4, 0.5) is 0 Å². The average molecular weight is 293 g/mol. The number of hydrogen-bond acceptors (Lipinski definition) is 6. The molecule has 1 atom stereocenters. The number of amides is 1. The number of aryl methyl sites for hydroxylation is 2. The van der Waals surface area contributed by atoms with E-state index in [1.807, 2.05) is 17.7 Å². The summed E-state index contributed by atoms with van der Waals surface area (Å²) >= 11 is 1.54. The van der Waals surface area contributed by atoms with Crippen LogP contribution in [0.25, 0.3) is 0 Å². The quantitative estimate of drug-likeness (QED) is 0.846. The number of thiophene rings is 1. The molecule has 0 bridgehead atoms. The minimum atomic E-state index is -0.340. The molecule has 2 aromatic heterocycles. The molecule has 1 saturated heterocycles. The van der Waals surface area contributed by atoms with Crippen molar-refractivity contribution in [3.8, 4) is 0 Å². The van der Waals surface area contributed by atoms with Crippen molar-refractivity contribution in [3.63, 3.8) is 0 Å². The molecule has 6 nitrogen and oxygen atoms in total. The Morgan fingerprint density at radius 1 is 1.40 bits per heavy atom. The number of morpholine rings is 1. The lowest BCUT2D eigenvalue weighted by Crippen LogP contribution is -2.42. The topological polar surface area (TPSA) is 68.5 Å². The van der Waals surface area contributed by atoms with E-state index >= 15 is 0 Å². The summed E-state index contributed by atoms with van der Waals surface area (Å²) in [4.78, 5) is 14.3. The molecule has 3 rings (SSSR count). The standard InChI is InChI=1S/C13H15N3O3S/c1-8-6-20-7-10(8)13(17)16-3-4-18-11(5-16)12-15-14-9(2)19-12/h6-7,11H,3-5H2,1-2H3. The molecule has 1 fully saturated rings. The van der Waals surface area contributed by atoms with Crippen LogP contribution in [0.1, 0.15) is 33.8 Å². The number of rotatable bonds is 2. The van der Waals surface area contributed by atoms with Crippen LogP contribution < -0.4 is 0 Å². The van der Waals surface area contributed by atoms with Crippen LogP contribution >= 0.6 is 11.3 Å². The Bertz CT molecular complexity index is 622. The van der Waals surface area contributed by atoms with E-state index < -0.39 is 0 Å². The van der Waals surface area contributed by atoms with Gasteiger partial charge in [0.2, 0.25) is 11.8 Å². The maximum atomic E-state index is 12.5. The van der Waals surface area contributed by atoms with Crippen LogP contribution in [0.5, 0.6) is 0 Å². The highest BCUT2D eigenvalue weighted by molar-refractivity contribution is 7.08. The molecule has 0 spiro atoms. The van der Waals surface area contributed by atoms with Crippen molar-refractivity contribution in [1.29, 1.82) is 0 Å². The van der Waals surface area contributed by atoms with Crippen LogP contribution in [0.2, 0.25) is 0 Å². The second-order valence-corrected chi connectivity index (χ2v) is 5.48. The van der Waals surface area contributed by atoms with Gasteiger partial charge >= 0.3 is 0 Å². The van der Waals surface area contributed by atoms with Gasteiger partial charge in [0.25, 0.3) is 5.91 Å². The molecular weight excluding hydrogens is 278 g/mol.